The van der Waals surface area contributed by atoms with Gasteiger partial charge in [0.2, 0.25) is 0 Å². The van der Waals surface area contributed by atoms with Crippen molar-refractivity contribution in [3.05, 3.63) is 71.8 Å². The Balaban J connectivity index is 1.68. The molecule has 134 valence electrons. The molecule has 3 aromatic rings. The number of rotatable bonds is 3. The van der Waals surface area contributed by atoms with E-state index in [1.165, 1.54) is 16.5 Å². The van der Waals surface area contributed by atoms with Crippen LogP contribution in [0.5, 0.6) is 0 Å². The fourth-order valence-electron chi connectivity index (χ4n) is 4.13. The summed E-state index contributed by atoms with van der Waals surface area (Å²) in [5, 5.41) is 1.20. The number of anilines is 1. The summed E-state index contributed by atoms with van der Waals surface area (Å²) in [6.07, 6.45) is 0. The maximum Gasteiger partial charge on any atom is 0.129 e. The second-order valence-corrected chi connectivity index (χ2v) is 8.47. The van der Waals surface area contributed by atoms with Gasteiger partial charge in [0.1, 0.15) is 11.9 Å². The van der Waals surface area contributed by atoms with Gasteiger partial charge in [-0.1, -0.05) is 48.0 Å². The number of aryl methyl sites for hydroxylation is 1. The molecule has 1 fully saturated rings. The molecule has 0 N–H and O–H groups in total. The zero-order chi connectivity index (χ0) is 18.3. The van der Waals surface area contributed by atoms with Crippen LogP contribution in [0.4, 0.5) is 5.82 Å². The van der Waals surface area contributed by atoms with E-state index in [1.807, 2.05) is 0 Å². The lowest BCUT2D eigenvalue weighted by Gasteiger charge is -2.35. The fraction of sp³-hybridized carbons (Fsp3) is 0.348. The molecule has 0 spiro atoms. The van der Waals surface area contributed by atoms with Gasteiger partial charge in [-0.15, -0.1) is 0 Å². The molecule has 3 heteroatoms. The first-order valence-electron chi connectivity index (χ1n) is 9.40. The molecule has 0 saturated carbocycles. The van der Waals surface area contributed by atoms with Crippen molar-refractivity contribution in [2.24, 2.45) is 0 Å². The van der Waals surface area contributed by atoms with E-state index in [4.69, 9.17) is 4.98 Å². The summed E-state index contributed by atoms with van der Waals surface area (Å²) in [4.78, 5) is 7.40. The third kappa shape index (κ3) is 3.19. The van der Waals surface area contributed by atoms with Crippen LogP contribution < -0.4 is 4.90 Å². The van der Waals surface area contributed by atoms with Gasteiger partial charge in [-0.25, -0.2) is 4.98 Å². The van der Waals surface area contributed by atoms with Crippen LogP contribution in [0.25, 0.3) is 10.9 Å². The molecule has 1 saturated heterocycles. The van der Waals surface area contributed by atoms with E-state index in [0.717, 1.165) is 28.9 Å². The van der Waals surface area contributed by atoms with Crippen LogP contribution >= 0.6 is 0 Å². The molecular formula is C23H28N3+. The third-order valence-corrected chi connectivity index (χ3v) is 5.70. The molecule has 0 amide bonds. The Bertz CT molecular complexity index is 909. The summed E-state index contributed by atoms with van der Waals surface area (Å²) in [6, 6.07) is 22.4. The van der Waals surface area contributed by atoms with E-state index >= 15 is 0 Å². The Morgan fingerprint density at radius 1 is 0.885 bits per heavy atom. The van der Waals surface area contributed by atoms with Crippen LogP contribution in [0, 0.1) is 6.92 Å². The van der Waals surface area contributed by atoms with Crippen molar-refractivity contribution in [1.29, 1.82) is 0 Å². The standard InChI is InChI=1S/C23H28N3/c1-17-9-11-18(12-10-17)20-15-25(16-22(20)26(2,3)4)23-14-13-19-7-5-6-8-21(19)24-23/h5-14,20,22H,15-16H2,1-4H3/q+1. The molecule has 2 aromatic carbocycles. The number of hydrogen-bond donors (Lipinski definition) is 0. The second-order valence-electron chi connectivity index (χ2n) is 8.47. The van der Waals surface area contributed by atoms with Gasteiger partial charge >= 0.3 is 0 Å². The van der Waals surface area contributed by atoms with Gasteiger partial charge < -0.3 is 9.38 Å². The molecule has 1 aliphatic rings. The molecule has 2 atom stereocenters. The number of para-hydroxylation sites is 1. The lowest BCUT2D eigenvalue weighted by Crippen LogP contribution is -2.49. The number of quaternary nitrogens is 1. The molecule has 3 nitrogen and oxygen atoms in total. The first kappa shape index (κ1) is 17.0. The zero-order valence-electron chi connectivity index (χ0n) is 16.2. The van der Waals surface area contributed by atoms with E-state index in [1.54, 1.807) is 0 Å². The molecule has 1 aromatic heterocycles. The summed E-state index contributed by atoms with van der Waals surface area (Å²) in [5.41, 5.74) is 3.84. The third-order valence-electron chi connectivity index (χ3n) is 5.70. The number of likely N-dealkylation sites (N-methyl/N-ethyl adjacent to an activating group) is 1. The van der Waals surface area contributed by atoms with Crippen LogP contribution in [0.2, 0.25) is 0 Å². The molecule has 2 unspecified atom stereocenters. The zero-order valence-corrected chi connectivity index (χ0v) is 16.2. The Labute approximate surface area is 156 Å². The van der Waals surface area contributed by atoms with Crippen LogP contribution in [0.3, 0.4) is 0 Å². The lowest BCUT2D eigenvalue weighted by atomic mass is 9.92. The van der Waals surface area contributed by atoms with E-state index in [2.05, 4.69) is 93.6 Å². The first-order chi connectivity index (χ1) is 12.4. The summed E-state index contributed by atoms with van der Waals surface area (Å²) in [5.74, 6) is 1.61. The van der Waals surface area contributed by atoms with Crippen LogP contribution in [0.1, 0.15) is 17.0 Å². The number of nitrogens with zero attached hydrogens (tertiary/aromatic N) is 3. The number of hydrogen-bond acceptors (Lipinski definition) is 2. The minimum Gasteiger partial charge on any atom is -0.350 e. The number of fused-ring (bicyclic) bond motifs is 1. The van der Waals surface area contributed by atoms with Crippen LogP contribution in [0.15, 0.2) is 60.7 Å². The van der Waals surface area contributed by atoms with Crippen molar-refractivity contribution in [2.75, 3.05) is 39.1 Å². The van der Waals surface area contributed by atoms with Crippen molar-refractivity contribution in [3.63, 3.8) is 0 Å². The van der Waals surface area contributed by atoms with Gasteiger partial charge in [0.25, 0.3) is 0 Å². The number of pyridine rings is 1. The van der Waals surface area contributed by atoms with Crippen LogP contribution in [-0.2, 0) is 0 Å². The number of aromatic nitrogens is 1. The van der Waals surface area contributed by atoms with Crippen molar-refractivity contribution in [3.8, 4) is 0 Å². The molecule has 0 aliphatic carbocycles. The second kappa shape index (κ2) is 6.40. The van der Waals surface area contributed by atoms with E-state index in [-0.39, 0.29) is 0 Å². The highest BCUT2D eigenvalue weighted by Gasteiger charge is 2.42. The molecule has 4 rings (SSSR count). The Morgan fingerprint density at radius 2 is 1.62 bits per heavy atom. The van der Waals surface area contributed by atoms with E-state index < -0.39 is 0 Å². The minimum atomic E-state index is 0.517. The first-order valence-corrected chi connectivity index (χ1v) is 9.40. The molecule has 1 aliphatic heterocycles. The minimum absolute atomic E-state index is 0.517. The Morgan fingerprint density at radius 3 is 2.35 bits per heavy atom. The average molecular weight is 346 g/mol. The van der Waals surface area contributed by atoms with Gasteiger partial charge in [0.15, 0.2) is 0 Å². The average Bonchev–Trinajstić information content (AvgIpc) is 3.08. The lowest BCUT2D eigenvalue weighted by molar-refractivity contribution is -0.894. The van der Waals surface area contributed by atoms with Crippen molar-refractivity contribution in [1.82, 2.24) is 4.98 Å². The Hall–Kier alpha value is -2.39. The quantitative estimate of drug-likeness (QED) is 0.660. The van der Waals surface area contributed by atoms with Gasteiger partial charge in [0.05, 0.1) is 39.1 Å². The van der Waals surface area contributed by atoms with Gasteiger partial charge in [-0.3, -0.25) is 0 Å². The predicted octanol–water partition coefficient (Wildman–Crippen LogP) is 4.22. The largest absolute Gasteiger partial charge is 0.350 e. The SMILES string of the molecule is Cc1ccc(C2CN(c3ccc4ccccc4n3)CC2[N+](C)(C)C)cc1. The van der Waals surface area contributed by atoms with Gasteiger partial charge in [-0.05, 0) is 30.7 Å². The predicted molar refractivity (Wildman–Crippen MR) is 110 cm³/mol. The summed E-state index contributed by atoms with van der Waals surface area (Å²) < 4.78 is 0.961. The molecule has 26 heavy (non-hydrogen) atoms. The highest BCUT2D eigenvalue weighted by atomic mass is 15.4. The smallest absolute Gasteiger partial charge is 0.129 e. The van der Waals surface area contributed by atoms with E-state index in [9.17, 15) is 0 Å². The molecular weight excluding hydrogens is 318 g/mol. The summed E-state index contributed by atoms with van der Waals surface area (Å²) in [6.45, 7) is 4.21. The summed E-state index contributed by atoms with van der Waals surface area (Å²) in [7, 11) is 6.93. The van der Waals surface area contributed by atoms with Gasteiger partial charge in [0, 0.05) is 11.9 Å². The van der Waals surface area contributed by atoms with Crippen molar-refractivity contribution >= 4 is 16.7 Å². The molecule has 0 bridgehead atoms. The normalized spacial score (nSPS) is 20.7. The monoisotopic (exact) mass is 346 g/mol. The van der Waals surface area contributed by atoms with Crippen LogP contribution in [-0.4, -0.2) is 49.7 Å². The topological polar surface area (TPSA) is 16.1 Å². The van der Waals surface area contributed by atoms with Crippen molar-refractivity contribution < 1.29 is 4.48 Å². The van der Waals surface area contributed by atoms with Gasteiger partial charge in [-0.2, -0.15) is 0 Å². The Kier molecular flexibility index (Phi) is 4.20. The molecule has 2 heterocycles. The van der Waals surface area contributed by atoms with Crippen molar-refractivity contribution in [2.45, 2.75) is 18.9 Å². The maximum absolute atomic E-state index is 4.93. The summed E-state index contributed by atoms with van der Waals surface area (Å²) >= 11 is 0. The van der Waals surface area contributed by atoms with E-state index in [0.29, 0.717) is 12.0 Å². The number of benzene rings is 2. The highest BCUT2D eigenvalue weighted by molar-refractivity contribution is 5.80. The molecule has 0 radical (unpaired) electrons. The highest BCUT2D eigenvalue weighted by Crippen LogP contribution is 2.35. The maximum atomic E-state index is 4.93. The fourth-order valence-corrected chi connectivity index (χ4v) is 4.13.